The number of imide groups is 2. The van der Waals surface area contributed by atoms with E-state index >= 15 is 0 Å². The van der Waals surface area contributed by atoms with Crippen LogP contribution in [0.5, 0.6) is 5.75 Å². The minimum atomic E-state index is -0.827. The van der Waals surface area contributed by atoms with E-state index in [-0.39, 0.29) is 11.3 Å². The van der Waals surface area contributed by atoms with E-state index in [0.717, 1.165) is 32.4 Å². The van der Waals surface area contributed by atoms with Gasteiger partial charge in [-0.2, -0.15) is 0 Å². The number of anilines is 1. The lowest BCUT2D eigenvalue weighted by Crippen LogP contribution is -2.54. The van der Waals surface area contributed by atoms with Crippen molar-refractivity contribution < 1.29 is 19.1 Å². The quantitative estimate of drug-likeness (QED) is 0.160. The number of urea groups is 1. The van der Waals surface area contributed by atoms with E-state index in [1.807, 2.05) is 31.2 Å². The van der Waals surface area contributed by atoms with Crippen LogP contribution in [0.25, 0.3) is 16.8 Å². The number of aryl methyl sites for hydroxylation is 1. The Morgan fingerprint density at radius 2 is 1.74 bits per heavy atom. The van der Waals surface area contributed by atoms with E-state index in [9.17, 15) is 14.4 Å². The van der Waals surface area contributed by atoms with Crippen LogP contribution in [0.4, 0.5) is 10.5 Å². The lowest BCUT2D eigenvalue weighted by atomic mass is 10.0. The van der Waals surface area contributed by atoms with Crippen molar-refractivity contribution in [1.82, 2.24) is 5.32 Å². The topological polar surface area (TPSA) is 75.7 Å². The molecule has 0 aliphatic carbocycles. The highest BCUT2D eigenvalue weighted by Gasteiger charge is 2.37. The first-order chi connectivity index (χ1) is 18.8. The van der Waals surface area contributed by atoms with Gasteiger partial charge in [0.05, 0.1) is 5.69 Å². The van der Waals surface area contributed by atoms with Crippen LogP contribution in [0.1, 0.15) is 22.3 Å². The molecule has 0 bridgehead atoms. The van der Waals surface area contributed by atoms with Crippen LogP contribution in [-0.2, 0) is 22.6 Å². The summed E-state index contributed by atoms with van der Waals surface area (Å²) >= 11 is 6.20. The maximum absolute atomic E-state index is 13.3. The molecule has 1 heterocycles. The Balaban J connectivity index is 1.41. The number of allylic oxidation sites excluding steroid dienone is 1. The molecular formula is C32H25ClN2O4. The minimum absolute atomic E-state index is 0.166. The summed E-state index contributed by atoms with van der Waals surface area (Å²) in [5.74, 6) is -0.817. The molecule has 0 aromatic heterocycles. The molecule has 0 unspecified atom stereocenters. The van der Waals surface area contributed by atoms with Crippen molar-refractivity contribution in [2.75, 3.05) is 4.90 Å². The number of nitrogens with zero attached hydrogens (tertiary/aromatic N) is 1. The number of hydrogen-bond acceptors (Lipinski definition) is 4. The summed E-state index contributed by atoms with van der Waals surface area (Å²) in [7, 11) is 0. The number of rotatable bonds is 7. The third-order valence-corrected chi connectivity index (χ3v) is 6.89. The first-order valence-electron chi connectivity index (χ1n) is 12.4. The molecule has 1 aliphatic heterocycles. The molecule has 6 nitrogen and oxygen atoms in total. The van der Waals surface area contributed by atoms with Gasteiger partial charge < -0.3 is 4.74 Å². The molecule has 0 radical (unpaired) electrons. The van der Waals surface area contributed by atoms with Crippen LogP contribution in [-0.4, -0.2) is 17.8 Å². The highest BCUT2D eigenvalue weighted by atomic mass is 35.5. The van der Waals surface area contributed by atoms with E-state index in [1.54, 1.807) is 30.3 Å². The summed E-state index contributed by atoms with van der Waals surface area (Å²) < 4.78 is 6.14. The van der Waals surface area contributed by atoms with Gasteiger partial charge in [0.1, 0.15) is 17.9 Å². The third-order valence-electron chi connectivity index (χ3n) is 6.48. The maximum atomic E-state index is 13.3. The van der Waals surface area contributed by atoms with Gasteiger partial charge in [-0.05, 0) is 82.8 Å². The second-order valence-corrected chi connectivity index (χ2v) is 9.63. The second-order valence-electron chi connectivity index (χ2n) is 9.22. The summed E-state index contributed by atoms with van der Waals surface area (Å²) in [6, 6.07) is 23.8. The van der Waals surface area contributed by atoms with Gasteiger partial charge in [0.15, 0.2) is 0 Å². The summed E-state index contributed by atoms with van der Waals surface area (Å²) in [4.78, 5) is 39.3. The molecule has 5 rings (SSSR count). The zero-order chi connectivity index (χ0) is 27.5. The Kier molecular flexibility index (Phi) is 7.30. The number of hydrogen-bond donors (Lipinski definition) is 1. The summed E-state index contributed by atoms with van der Waals surface area (Å²) in [5, 5.41) is 4.95. The summed E-state index contributed by atoms with van der Waals surface area (Å²) in [6.45, 7) is 6.04. The van der Waals surface area contributed by atoms with Crippen molar-refractivity contribution in [1.29, 1.82) is 0 Å². The monoisotopic (exact) mass is 536 g/mol. The molecule has 0 saturated carbocycles. The van der Waals surface area contributed by atoms with Gasteiger partial charge in [-0.1, -0.05) is 66.2 Å². The van der Waals surface area contributed by atoms with Crippen molar-refractivity contribution in [3.05, 3.63) is 124 Å². The maximum Gasteiger partial charge on any atom is 0.335 e. The van der Waals surface area contributed by atoms with Crippen LogP contribution in [0.3, 0.4) is 0 Å². The molecule has 0 spiro atoms. The average Bonchev–Trinajstić information content (AvgIpc) is 2.92. The Morgan fingerprint density at radius 3 is 2.51 bits per heavy atom. The van der Waals surface area contributed by atoms with E-state index in [1.165, 1.54) is 12.1 Å². The van der Waals surface area contributed by atoms with Crippen molar-refractivity contribution in [2.24, 2.45) is 0 Å². The molecule has 4 aromatic rings. The molecule has 1 N–H and O–H groups in total. The fourth-order valence-corrected chi connectivity index (χ4v) is 4.59. The molecule has 4 aromatic carbocycles. The Labute approximate surface area is 231 Å². The zero-order valence-corrected chi connectivity index (χ0v) is 22.0. The lowest BCUT2D eigenvalue weighted by Gasteiger charge is -2.26. The van der Waals surface area contributed by atoms with Crippen LogP contribution in [0, 0.1) is 6.92 Å². The number of benzene rings is 4. The molecule has 39 heavy (non-hydrogen) atoms. The van der Waals surface area contributed by atoms with Gasteiger partial charge in [0.2, 0.25) is 0 Å². The Hall–Kier alpha value is -4.68. The Morgan fingerprint density at radius 1 is 0.949 bits per heavy atom. The number of barbiturate groups is 1. The van der Waals surface area contributed by atoms with Gasteiger partial charge in [-0.15, -0.1) is 6.58 Å². The van der Waals surface area contributed by atoms with E-state index in [4.69, 9.17) is 16.3 Å². The number of halogens is 1. The summed E-state index contributed by atoms with van der Waals surface area (Å²) in [6.07, 6.45) is 3.75. The number of nitrogens with one attached hydrogen (secondary N) is 1. The van der Waals surface area contributed by atoms with E-state index in [0.29, 0.717) is 29.4 Å². The van der Waals surface area contributed by atoms with E-state index < -0.39 is 17.8 Å². The lowest BCUT2D eigenvalue weighted by molar-refractivity contribution is -0.122. The van der Waals surface area contributed by atoms with Crippen molar-refractivity contribution in [3.63, 3.8) is 0 Å². The zero-order valence-electron chi connectivity index (χ0n) is 21.2. The SMILES string of the molecule is C=CCc1cc(/C=C2/C(=O)NC(=O)N(c3ccc(C)c(Cl)c3)C2=O)ccc1OCc1ccc2ccccc2c1. The van der Waals surface area contributed by atoms with Crippen LogP contribution >= 0.6 is 11.6 Å². The minimum Gasteiger partial charge on any atom is -0.489 e. The van der Waals surface area contributed by atoms with Gasteiger partial charge in [0.25, 0.3) is 11.8 Å². The van der Waals surface area contributed by atoms with Crippen LogP contribution in [0.15, 0.2) is 97.1 Å². The average molecular weight is 537 g/mol. The van der Waals surface area contributed by atoms with Crippen LogP contribution in [0.2, 0.25) is 5.02 Å². The summed E-state index contributed by atoms with van der Waals surface area (Å²) in [5.41, 5.74) is 3.41. The first-order valence-corrected chi connectivity index (χ1v) is 12.7. The fraction of sp³-hybridized carbons (Fsp3) is 0.0938. The molecule has 0 atom stereocenters. The largest absolute Gasteiger partial charge is 0.489 e. The first kappa shape index (κ1) is 25.9. The molecule has 1 saturated heterocycles. The molecule has 4 amide bonds. The highest BCUT2D eigenvalue weighted by molar-refractivity contribution is 6.39. The van der Waals surface area contributed by atoms with Gasteiger partial charge in [-0.25, -0.2) is 9.69 Å². The molecule has 1 aliphatic rings. The number of ether oxygens (including phenoxy) is 1. The predicted octanol–water partition coefficient (Wildman–Crippen LogP) is 6.78. The smallest absolute Gasteiger partial charge is 0.335 e. The molecular weight excluding hydrogens is 512 g/mol. The van der Waals surface area contributed by atoms with Crippen molar-refractivity contribution >= 4 is 52.0 Å². The van der Waals surface area contributed by atoms with Gasteiger partial charge in [0, 0.05) is 5.02 Å². The van der Waals surface area contributed by atoms with Gasteiger partial charge in [-0.3, -0.25) is 14.9 Å². The number of amides is 4. The molecule has 1 fully saturated rings. The highest BCUT2D eigenvalue weighted by Crippen LogP contribution is 2.28. The molecule has 194 valence electrons. The Bertz CT molecular complexity index is 1670. The molecule has 7 heteroatoms. The van der Waals surface area contributed by atoms with E-state index in [2.05, 4.69) is 36.2 Å². The van der Waals surface area contributed by atoms with Crippen molar-refractivity contribution in [3.8, 4) is 5.75 Å². The predicted molar refractivity (Wildman–Crippen MR) is 154 cm³/mol. The van der Waals surface area contributed by atoms with Gasteiger partial charge >= 0.3 is 6.03 Å². The number of carbonyl (C=O) groups excluding carboxylic acids is 3. The fourth-order valence-electron chi connectivity index (χ4n) is 4.41. The number of carbonyl (C=O) groups is 3. The third kappa shape index (κ3) is 5.47. The second kappa shape index (κ2) is 11.0. The standard InChI is InChI=1S/C32H25ClN2O4/c1-3-6-25-15-21(11-14-29(25)39-19-22-10-12-23-7-4-5-8-24(23)16-22)17-27-30(36)34-32(38)35(31(27)37)26-13-9-20(2)28(33)18-26/h3-5,7-18H,1,6,19H2,2H3,(H,34,36,38)/b27-17-. The van der Waals surface area contributed by atoms with Crippen LogP contribution < -0.4 is 15.0 Å². The normalized spacial score (nSPS) is 14.6. The van der Waals surface area contributed by atoms with Crippen molar-refractivity contribution in [2.45, 2.75) is 20.0 Å². The number of fused-ring (bicyclic) bond motifs is 1.